The van der Waals surface area contributed by atoms with Gasteiger partial charge in [-0.3, -0.25) is 0 Å². The Morgan fingerprint density at radius 2 is 2.00 bits per heavy atom. The van der Waals surface area contributed by atoms with Crippen LogP contribution >= 0.6 is 0 Å². The highest BCUT2D eigenvalue weighted by molar-refractivity contribution is 7.89. The third-order valence-electron chi connectivity index (χ3n) is 4.66. The molecular formula is C15H19N3O2S. The minimum Gasteiger partial charge on any atom is -0.328 e. The van der Waals surface area contributed by atoms with Crippen LogP contribution in [0.5, 0.6) is 0 Å². The summed E-state index contributed by atoms with van der Waals surface area (Å²) in [6.07, 6.45) is 2.91. The first-order valence-corrected chi connectivity index (χ1v) is 8.70. The molecule has 1 aromatic rings. The van der Waals surface area contributed by atoms with E-state index in [2.05, 4.69) is 0 Å². The minimum absolute atomic E-state index is 0.204. The zero-order chi connectivity index (χ0) is 15.0. The molecule has 2 fully saturated rings. The lowest BCUT2D eigenvalue weighted by Gasteiger charge is -2.28. The molecule has 0 amide bonds. The molecule has 1 heterocycles. The Morgan fingerprint density at radius 1 is 1.24 bits per heavy atom. The van der Waals surface area contributed by atoms with E-state index in [0.29, 0.717) is 30.5 Å². The van der Waals surface area contributed by atoms with E-state index in [1.807, 2.05) is 6.07 Å². The summed E-state index contributed by atoms with van der Waals surface area (Å²) in [6, 6.07) is 8.43. The molecule has 3 atom stereocenters. The van der Waals surface area contributed by atoms with Crippen molar-refractivity contribution in [3.05, 3.63) is 29.8 Å². The van der Waals surface area contributed by atoms with Crippen molar-refractivity contribution in [3.8, 4) is 6.07 Å². The van der Waals surface area contributed by atoms with E-state index in [4.69, 9.17) is 11.0 Å². The number of nitrogens with zero attached hydrogens (tertiary/aromatic N) is 2. The Labute approximate surface area is 125 Å². The number of hydrogen-bond acceptors (Lipinski definition) is 4. The van der Waals surface area contributed by atoms with Crippen LogP contribution in [0.4, 0.5) is 0 Å². The number of benzene rings is 1. The van der Waals surface area contributed by atoms with Crippen molar-refractivity contribution in [2.45, 2.75) is 30.2 Å². The topological polar surface area (TPSA) is 87.2 Å². The molecule has 1 aliphatic carbocycles. The lowest BCUT2D eigenvalue weighted by molar-refractivity contribution is 0.271. The maximum atomic E-state index is 12.7. The standard InChI is InChI=1S/C15H19N3O2S/c16-8-11-2-1-3-15(6-11)21(19,20)18-9-12-4-5-14(17)7-13(12)10-18/h1-3,6,12-14H,4-5,7,9-10,17H2/t12-,13+,14?/m1/s1. The fourth-order valence-electron chi connectivity index (χ4n) is 3.50. The monoisotopic (exact) mass is 305 g/mol. The predicted octanol–water partition coefficient (Wildman–Crippen LogP) is 1.31. The first-order valence-electron chi connectivity index (χ1n) is 7.26. The fourth-order valence-corrected chi connectivity index (χ4v) is 5.10. The largest absolute Gasteiger partial charge is 0.328 e. The average Bonchev–Trinajstić information content (AvgIpc) is 2.91. The van der Waals surface area contributed by atoms with E-state index in [-0.39, 0.29) is 10.9 Å². The summed E-state index contributed by atoms with van der Waals surface area (Å²) in [4.78, 5) is 0.212. The molecule has 21 heavy (non-hydrogen) atoms. The molecule has 0 bridgehead atoms. The van der Waals surface area contributed by atoms with Crippen LogP contribution in [-0.4, -0.2) is 31.9 Å². The number of rotatable bonds is 2. The van der Waals surface area contributed by atoms with Gasteiger partial charge in [0.25, 0.3) is 0 Å². The molecule has 0 spiro atoms. The molecule has 1 saturated heterocycles. The third-order valence-corrected chi connectivity index (χ3v) is 6.49. The molecule has 6 heteroatoms. The van der Waals surface area contributed by atoms with Gasteiger partial charge in [-0.05, 0) is 49.3 Å². The van der Waals surface area contributed by atoms with Crippen molar-refractivity contribution in [2.24, 2.45) is 17.6 Å². The number of fused-ring (bicyclic) bond motifs is 1. The van der Waals surface area contributed by atoms with Gasteiger partial charge >= 0.3 is 0 Å². The maximum absolute atomic E-state index is 12.7. The van der Waals surface area contributed by atoms with Crippen LogP contribution in [0.25, 0.3) is 0 Å². The summed E-state index contributed by atoms with van der Waals surface area (Å²) >= 11 is 0. The quantitative estimate of drug-likeness (QED) is 0.892. The molecular weight excluding hydrogens is 286 g/mol. The first kappa shape index (κ1) is 14.5. The van der Waals surface area contributed by atoms with Crippen LogP contribution in [0.3, 0.4) is 0 Å². The smallest absolute Gasteiger partial charge is 0.243 e. The average molecular weight is 305 g/mol. The van der Waals surface area contributed by atoms with Gasteiger partial charge in [-0.2, -0.15) is 9.57 Å². The van der Waals surface area contributed by atoms with Crippen LogP contribution in [0.1, 0.15) is 24.8 Å². The SMILES string of the molecule is N#Cc1cccc(S(=O)(=O)N2C[C@H]3CCC(N)C[C@H]3C2)c1. The van der Waals surface area contributed by atoms with Crippen molar-refractivity contribution in [1.29, 1.82) is 5.26 Å². The highest BCUT2D eigenvalue weighted by atomic mass is 32.2. The third kappa shape index (κ3) is 2.69. The summed E-state index contributed by atoms with van der Waals surface area (Å²) in [7, 11) is -3.51. The maximum Gasteiger partial charge on any atom is 0.243 e. The Morgan fingerprint density at radius 3 is 2.76 bits per heavy atom. The summed E-state index contributed by atoms with van der Waals surface area (Å²) in [5, 5.41) is 8.92. The molecule has 2 aliphatic rings. The minimum atomic E-state index is -3.51. The molecule has 1 saturated carbocycles. The molecule has 2 N–H and O–H groups in total. The molecule has 3 rings (SSSR count). The summed E-state index contributed by atoms with van der Waals surface area (Å²) in [5.41, 5.74) is 6.36. The van der Waals surface area contributed by atoms with Crippen LogP contribution < -0.4 is 5.73 Å². The second-order valence-corrected chi connectivity index (χ2v) is 7.99. The van der Waals surface area contributed by atoms with Gasteiger partial charge in [0.15, 0.2) is 0 Å². The summed E-state index contributed by atoms with van der Waals surface area (Å²) < 4.78 is 27.0. The van der Waals surface area contributed by atoms with E-state index in [1.54, 1.807) is 22.5 Å². The lowest BCUT2D eigenvalue weighted by Crippen LogP contribution is -2.32. The number of nitrogens with two attached hydrogens (primary N) is 1. The van der Waals surface area contributed by atoms with Crippen LogP contribution in [0.15, 0.2) is 29.2 Å². The Balaban J connectivity index is 1.84. The van der Waals surface area contributed by atoms with Crippen molar-refractivity contribution >= 4 is 10.0 Å². The van der Waals surface area contributed by atoms with Gasteiger partial charge in [0, 0.05) is 19.1 Å². The van der Waals surface area contributed by atoms with Gasteiger partial charge in [0.2, 0.25) is 10.0 Å². The van der Waals surface area contributed by atoms with Gasteiger partial charge < -0.3 is 5.73 Å². The molecule has 1 aliphatic heterocycles. The van der Waals surface area contributed by atoms with Crippen molar-refractivity contribution < 1.29 is 8.42 Å². The van der Waals surface area contributed by atoms with E-state index in [0.717, 1.165) is 19.3 Å². The highest BCUT2D eigenvalue weighted by Gasteiger charge is 2.41. The number of nitriles is 1. The molecule has 1 unspecified atom stereocenters. The molecule has 0 aromatic heterocycles. The van der Waals surface area contributed by atoms with Crippen molar-refractivity contribution in [1.82, 2.24) is 4.31 Å². The van der Waals surface area contributed by atoms with Gasteiger partial charge in [-0.1, -0.05) is 6.07 Å². The van der Waals surface area contributed by atoms with Crippen LogP contribution in [-0.2, 0) is 10.0 Å². The Kier molecular flexibility index (Phi) is 3.74. The second-order valence-electron chi connectivity index (χ2n) is 6.05. The number of sulfonamides is 1. The fraction of sp³-hybridized carbons (Fsp3) is 0.533. The molecule has 112 valence electrons. The highest BCUT2D eigenvalue weighted by Crippen LogP contribution is 2.37. The van der Waals surface area contributed by atoms with Crippen LogP contribution in [0.2, 0.25) is 0 Å². The molecule has 1 aromatic carbocycles. The van der Waals surface area contributed by atoms with Gasteiger partial charge in [-0.25, -0.2) is 8.42 Å². The summed E-state index contributed by atoms with van der Waals surface area (Å²) in [5.74, 6) is 0.807. The molecule has 5 nitrogen and oxygen atoms in total. The van der Waals surface area contributed by atoms with E-state index < -0.39 is 10.0 Å². The predicted molar refractivity (Wildman–Crippen MR) is 78.7 cm³/mol. The molecule has 0 radical (unpaired) electrons. The lowest BCUT2D eigenvalue weighted by atomic mass is 9.79. The van der Waals surface area contributed by atoms with E-state index in [9.17, 15) is 8.42 Å². The van der Waals surface area contributed by atoms with Crippen molar-refractivity contribution in [2.75, 3.05) is 13.1 Å². The summed E-state index contributed by atoms with van der Waals surface area (Å²) in [6.45, 7) is 1.13. The van der Waals surface area contributed by atoms with Crippen molar-refractivity contribution in [3.63, 3.8) is 0 Å². The normalized spacial score (nSPS) is 29.8. The Hall–Kier alpha value is -1.42. The second kappa shape index (κ2) is 5.41. The zero-order valence-electron chi connectivity index (χ0n) is 11.8. The van der Waals surface area contributed by atoms with E-state index >= 15 is 0 Å². The van der Waals surface area contributed by atoms with Crippen LogP contribution in [0, 0.1) is 23.2 Å². The van der Waals surface area contributed by atoms with Gasteiger partial charge in [-0.15, -0.1) is 0 Å². The van der Waals surface area contributed by atoms with E-state index in [1.165, 1.54) is 6.07 Å². The van der Waals surface area contributed by atoms with Gasteiger partial charge in [0.1, 0.15) is 0 Å². The zero-order valence-corrected chi connectivity index (χ0v) is 12.6. The van der Waals surface area contributed by atoms with Gasteiger partial charge in [0.05, 0.1) is 16.5 Å². The number of hydrogen-bond donors (Lipinski definition) is 1. The Bertz CT molecular complexity index is 680. The first-order chi connectivity index (χ1) is 10.0.